The molecule has 4 heterocycles. The first kappa shape index (κ1) is 27.6. The van der Waals surface area contributed by atoms with Crippen molar-refractivity contribution in [1.29, 1.82) is 0 Å². The maximum absolute atomic E-state index is 13.9. The van der Waals surface area contributed by atoms with Gasteiger partial charge in [0.25, 0.3) is 0 Å². The van der Waals surface area contributed by atoms with Gasteiger partial charge in [-0.2, -0.15) is 5.10 Å². The number of carbonyl (C=O) groups excluding carboxylic acids is 3. The van der Waals surface area contributed by atoms with Crippen LogP contribution in [0, 0.1) is 19.3 Å². The Hall–Kier alpha value is -4.54. The van der Waals surface area contributed by atoms with Gasteiger partial charge < -0.3 is 10.2 Å². The van der Waals surface area contributed by atoms with Crippen molar-refractivity contribution < 1.29 is 14.4 Å². The molecule has 11 nitrogen and oxygen atoms in total. The highest BCUT2D eigenvalue weighted by Gasteiger charge is 2.64. The molecule has 0 spiro atoms. The lowest BCUT2D eigenvalue weighted by Crippen LogP contribution is -2.51. The van der Waals surface area contributed by atoms with Crippen molar-refractivity contribution in [3.63, 3.8) is 0 Å². The van der Waals surface area contributed by atoms with Gasteiger partial charge in [0, 0.05) is 67.4 Å². The van der Waals surface area contributed by atoms with Gasteiger partial charge in [0.15, 0.2) is 5.78 Å². The van der Waals surface area contributed by atoms with Gasteiger partial charge in [0.2, 0.25) is 11.8 Å². The minimum Gasteiger partial charge on any atom is -0.351 e. The molecule has 216 valence electrons. The largest absolute Gasteiger partial charge is 0.351 e. The number of Topliss-reactive ketones (excluding diaryl/α,β-unsaturated/α-hetero) is 1. The van der Waals surface area contributed by atoms with E-state index in [1.54, 1.807) is 40.6 Å². The molecule has 4 atom stereocenters. The molecule has 1 unspecified atom stereocenters. The molecule has 42 heavy (non-hydrogen) atoms. The van der Waals surface area contributed by atoms with Crippen molar-refractivity contribution in [2.75, 3.05) is 0 Å². The number of nitrogens with zero attached hydrogens (tertiary/aromatic N) is 7. The zero-order chi connectivity index (χ0) is 29.8. The molecule has 0 radical (unpaired) electrons. The minimum atomic E-state index is -0.561. The second-order valence-electron chi connectivity index (χ2n) is 12.0. The van der Waals surface area contributed by atoms with Crippen molar-refractivity contribution in [1.82, 2.24) is 39.9 Å². The lowest BCUT2D eigenvalue weighted by molar-refractivity contribution is -0.140. The number of benzene rings is 1. The number of hydrogen-bond acceptors (Lipinski definition) is 8. The third-order valence-electron chi connectivity index (χ3n) is 8.51. The summed E-state index contributed by atoms with van der Waals surface area (Å²) >= 11 is 0. The van der Waals surface area contributed by atoms with E-state index < -0.39 is 6.04 Å². The van der Waals surface area contributed by atoms with E-state index in [9.17, 15) is 14.4 Å². The summed E-state index contributed by atoms with van der Waals surface area (Å²) in [5.74, 6) is 0.142. The van der Waals surface area contributed by atoms with Crippen LogP contribution in [0.3, 0.4) is 0 Å². The predicted octanol–water partition coefficient (Wildman–Crippen LogP) is 3.23. The Morgan fingerprint density at radius 1 is 1.05 bits per heavy atom. The molecular weight excluding hydrogens is 532 g/mol. The zero-order valence-electron chi connectivity index (χ0n) is 24.5. The van der Waals surface area contributed by atoms with E-state index in [4.69, 9.17) is 0 Å². The maximum Gasteiger partial charge on any atom is 0.245 e. The number of carbonyl (C=O) groups is 3. The Balaban J connectivity index is 1.26. The molecule has 4 aromatic rings. The Morgan fingerprint density at radius 2 is 1.81 bits per heavy atom. The van der Waals surface area contributed by atoms with Crippen molar-refractivity contribution in [2.24, 2.45) is 5.41 Å². The van der Waals surface area contributed by atoms with Crippen molar-refractivity contribution in [3.8, 4) is 11.1 Å². The summed E-state index contributed by atoms with van der Waals surface area (Å²) in [6.07, 6.45) is 10.5. The topological polar surface area (TPSA) is 136 Å². The highest BCUT2D eigenvalue weighted by molar-refractivity contribution is 6.07. The van der Waals surface area contributed by atoms with Crippen LogP contribution in [0.25, 0.3) is 22.0 Å². The molecule has 0 bridgehead atoms. The van der Waals surface area contributed by atoms with E-state index in [1.807, 2.05) is 32.9 Å². The maximum atomic E-state index is 13.9. The minimum absolute atomic E-state index is 0.0133. The zero-order valence-corrected chi connectivity index (χ0v) is 24.5. The van der Waals surface area contributed by atoms with E-state index in [-0.39, 0.29) is 41.6 Å². The van der Waals surface area contributed by atoms with Gasteiger partial charge in [-0.3, -0.25) is 29.0 Å². The summed E-state index contributed by atoms with van der Waals surface area (Å²) < 4.78 is 1.61. The summed E-state index contributed by atoms with van der Waals surface area (Å²) in [4.78, 5) is 58.7. The molecule has 2 aliphatic rings. The quantitative estimate of drug-likeness (QED) is 0.321. The first-order chi connectivity index (χ1) is 20.0. The third kappa shape index (κ3) is 5.03. The molecule has 2 fully saturated rings. The highest BCUT2D eigenvalue weighted by atomic mass is 16.2. The summed E-state index contributed by atoms with van der Waals surface area (Å²) in [7, 11) is 0. The normalized spacial score (nSPS) is 21.7. The van der Waals surface area contributed by atoms with Gasteiger partial charge in [-0.15, -0.1) is 0 Å². The van der Waals surface area contributed by atoms with E-state index >= 15 is 0 Å². The van der Waals surface area contributed by atoms with E-state index in [0.29, 0.717) is 29.7 Å². The molecule has 1 aliphatic carbocycles. The number of rotatable bonds is 8. The van der Waals surface area contributed by atoms with Gasteiger partial charge in [0.05, 0.1) is 11.2 Å². The fourth-order valence-electron chi connectivity index (χ4n) is 6.32. The highest BCUT2D eigenvalue weighted by Crippen LogP contribution is 2.59. The van der Waals surface area contributed by atoms with Crippen LogP contribution in [-0.4, -0.2) is 70.3 Å². The number of ketones is 1. The number of fused-ring (bicyclic) bond motifs is 2. The lowest BCUT2D eigenvalue weighted by atomic mass is 10.0. The number of hydrogen-bond donors (Lipinski definition) is 1. The number of nitrogens with one attached hydrogen (secondary N) is 1. The second kappa shape index (κ2) is 10.4. The van der Waals surface area contributed by atoms with Gasteiger partial charge in [-0.05, 0) is 62.3 Å². The number of aryl methyl sites for hydroxylation is 2. The van der Waals surface area contributed by atoms with Crippen molar-refractivity contribution in [2.45, 2.75) is 78.6 Å². The molecule has 1 saturated carbocycles. The third-order valence-corrected chi connectivity index (χ3v) is 8.51. The molecule has 6 rings (SSSR count). The number of aromatic nitrogens is 6. The fourth-order valence-corrected chi connectivity index (χ4v) is 6.32. The van der Waals surface area contributed by atoms with Crippen LogP contribution in [0.1, 0.15) is 61.2 Å². The standard InChI is InChI=1S/C31H34N8O3/c1-17-8-21(22-13-34-20(4)35-14-22)10-24-28(19(3)40)37-38(29(17)24)16-27(41)39-25(11-31(5)12-26(31)39)30(42)36-18(2)9-23-15-32-6-7-33-23/h6-8,10,13-15,18,25-26H,9,11-12,16H2,1-5H3,(H,36,42)/t18?,25-,26+,31-/m0/s1. The fraction of sp³-hybridized carbons (Fsp3) is 0.419. The van der Waals surface area contributed by atoms with Crippen LogP contribution in [0.15, 0.2) is 43.1 Å². The van der Waals surface area contributed by atoms with Crippen LogP contribution in [0.5, 0.6) is 0 Å². The summed E-state index contributed by atoms with van der Waals surface area (Å²) in [6, 6.07) is 3.18. The van der Waals surface area contributed by atoms with Crippen molar-refractivity contribution >= 4 is 28.5 Å². The van der Waals surface area contributed by atoms with E-state index in [2.05, 4.69) is 37.3 Å². The molecule has 1 aromatic carbocycles. The first-order valence-electron chi connectivity index (χ1n) is 14.2. The lowest BCUT2D eigenvalue weighted by Gasteiger charge is -2.28. The summed E-state index contributed by atoms with van der Waals surface area (Å²) in [5, 5.41) is 8.37. The Bertz CT molecular complexity index is 1700. The Kier molecular flexibility index (Phi) is 6.83. The smallest absolute Gasteiger partial charge is 0.245 e. The van der Waals surface area contributed by atoms with Gasteiger partial charge >= 0.3 is 0 Å². The molecular formula is C31H34N8O3. The molecule has 2 amide bonds. The average Bonchev–Trinajstić information content (AvgIpc) is 3.30. The molecule has 3 aromatic heterocycles. The van der Waals surface area contributed by atoms with Gasteiger partial charge in [-0.25, -0.2) is 9.97 Å². The van der Waals surface area contributed by atoms with E-state index in [1.165, 1.54) is 6.92 Å². The monoisotopic (exact) mass is 566 g/mol. The van der Waals surface area contributed by atoms with E-state index in [0.717, 1.165) is 34.3 Å². The van der Waals surface area contributed by atoms with Crippen LogP contribution in [-0.2, 0) is 22.6 Å². The molecule has 11 heteroatoms. The molecule has 1 aliphatic heterocycles. The predicted molar refractivity (Wildman–Crippen MR) is 155 cm³/mol. The molecule has 1 saturated heterocycles. The Morgan fingerprint density at radius 3 is 2.50 bits per heavy atom. The second-order valence-corrected chi connectivity index (χ2v) is 12.0. The summed E-state index contributed by atoms with van der Waals surface area (Å²) in [5.41, 5.74) is 4.33. The van der Waals surface area contributed by atoms with Crippen LogP contribution < -0.4 is 5.32 Å². The molecule has 1 N–H and O–H groups in total. The van der Waals surface area contributed by atoms with Gasteiger partial charge in [-0.1, -0.05) is 6.92 Å². The number of amides is 2. The Labute approximate surface area is 243 Å². The number of piperidine rings is 1. The number of likely N-dealkylation sites (tertiary alicyclic amines) is 1. The van der Waals surface area contributed by atoms with Crippen LogP contribution in [0.4, 0.5) is 0 Å². The first-order valence-corrected chi connectivity index (χ1v) is 14.2. The SMILES string of the molecule is CC(=O)c1nn(CC(=O)N2[C@H](C(=O)NC(C)Cc3cnccn3)C[C@@]3(C)C[C@@H]23)c2c(C)cc(-c3cnc(C)nc3)cc12. The van der Waals surface area contributed by atoms with Crippen LogP contribution >= 0.6 is 0 Å². The average molecular weight is 567 g/mol. The van der Waals surface area contributed by atoms with Gasteiger partial charge in [0.1, 0.15) is 24.1 Å². The van der Waals surface area contributed by atoms with Crippen LogP contribution in [0.2, 0.25) is 0 Å². The summed E-state index contributed by atoms with van der Waals surface area (Å²) in [6.45, 7) is 9.23. The van der Waals surface area contributed by atoms with Crippen molar-refractivity contribution in [3.05, 3.63) is 65.9 Å².